The zero-order valence-corrected chi connectivity index (χ0v) is 22.3. The van der Waals surface area contributed by atoms with Crippen molar-refractivity contribution in [2.45, 2.75) is 59.5 Å². The second kappa shape index (κ2) is 12.9. The van der Waals surface area contributed by atoms with Crippen molar-refractivity contribution in [2.24, 2.45) is 5.92 Å². The van der Waals surface area contributed by atoms with Crippen LogP contribution in [0.5, 0.6) is 0 Å². The van der Waals surface area contributed by atoms with Crippen molar-refractivity contribution in [3.05, 3.63) is 59.9 Å². The summed E-state index contributed by atoms with van der Waals surface area (Å²) >= 11 is 0. The molecule has 2 amide bonds. The number of likely N-dealkylation sites (N-methyl/N-ethyl adjacent to an activating group) is 1. The number of carbonyl (C=O) groups is 2. The fourth-order valence-corrected chi connectivity index (χ4v) is 5.14. The molecule has 7 heteroatoms. The van der Waals surface area contributed by atoms with E-state index >= 15 is 4.39 Å². The smallest absolute Gasteiger partial charge is 0.244 e. The average molecular weight is 497 g/mol. The Morgan fingerprint density at radius 3 is 2.25 bits per heavy atom. The lowest BCUT2D eigenvalue weighted by atomic mass is 10.00. The van der Waals surface area contributed by atoms with Crippen LogP contribution in [0, 0.1) is 11.7 Å². The Labute approximate surface area is 215 Å². The summed E-state index contributed by atoms with van der Waals surface area (Å²) in [5.74, 6) is -0.385. The van der Waals surface area contributed by atoms with Gasteiger partial charge in [0.1, 0.15) is 11.9 Å². The first-order valence-corrected chi connectivity index (χ1v) is 13.3. The number of hydrogen-bond acceptors (Lipinski definition) is 4. The molecule has 1 fully saturated rings. The Hall–Kier alpha value is -2.93. The number of carbonyl (C=O) groups excluding carboxylic acids is 2. The maximum absolute atomic E-state index is 15.2. The van der Waals surface area contributed by atoms with Crippen molar-refractivity contribution < 1.29 is 14.0 Å². The molecule has 2 aromatic rings. The van der Waals surface area contributed by atoms with Crippen molar-refractivity contribution >= 4 is 23.2 Å². The van der Waals surface area contributed by atoms with Gasteiger partial charge in [0.2, 0.25) is 11.8 Å². The number of nitrogens with zero attached hydrogens (tertiary/aromatic N) is 3. The van der Waals surface area contributed by atoms with Gasteiger partial charge in [-0.1, -0.05) is 44.2 Å². The number of piperazine rings is 1. The van der Waals surface area contributed by atoms with E-state index < -0.39 is 0 Å². The summed E-state index contributed by atoms with van der Waals surface area (Å²) in [4.78, 5) is 32.1. The van der Waals surface area contributed by atoms with Crippen LogP contribution in [0.4, 0.5) is 15.8 Å². The zero-order chi connectivity index (χ0) is 26.2. The van der Waals surface area contributed by atoms with Gasteiger partial charge in [-0.3, -0.25) is 14.5 Å². The third-order valence-corrected chi connectivity index (χ3v) is 7.35. The molecule has 2 aromatic carbocycles. The molecule has 0 saturated carbocycles. The number of amides is 2. The maximum atomic E-state index is 15.2. The lowest BCUT2D eigenvalue weighted by Gasteiger charge is -2.45. The molecule has 0 aromatic heterocycles. The first-order valence-electron chi connectivity index (χ1n) is 13.3. The van der Waals surface area contributed by atoms with Gasteiger partial charge in [-0.15, -0.1) is 0 Å². The standard InChI is InChI=1S/C29H41FN4O2/c1-6-22(7-2)28(35)31-24-15-16-26(25(30)19-24)33-17-18-34(21(5)20-33)27(23-13-11-10-12-14-23)29(36)32(8-3)9-4/h10-16,19,21-22,27H,6-9,17-18,20H2,1-5H3,(H,31,35). The molecule has 2 unspecified atom stereocenters. The minimum Gasteiger partial charge on any atom is -0.366 e. The van der Waals surface area contributed by atoms with Gasteiger partial charge in [-0.05, 0) is 57.4 Å². The van der Waals surface area contributed by atoms with Gasteiger partial charge >= 0.3 is 0 Å². The van der Waals surface area contributed by atoms with Crippen molar-refractivity contribution in [3.63, 3.8) is 0 Å². The molecular weight excluding hydrogens is 455 g/mol. The fraction of sp³-hybridized carbons (Fsp3) is 0.517. The second-order valence-corrected chi connectivity index (χ2v) is 9.53. The number of anilines is 2. The Bertz CT molecular complexity index is 1010. The summed E-state index contributed by atoms with van der Waals surface area (Å²) in [5, 5.41) is 2.85. The molecule has 0 aliphatic carbocycles. The summed E-state index contributed by atoms with van der Waals surface area (Å²) in [6.45, 7) is 13.2. The molecule has 0 spiro atoms. The highest BCUT2D eigenvalue weighted by Gasteiger charge is 2.36. The number of nitrogens with one attached hydrogen (secondary N) is 1. The molecule has 36 heavy (non-hydrogen) atoms. The highest BCUT2D eigenvalue weighted by Crippen LogP contribution is 2.31. The minimum atomic E-state index is -0.365. The van der Waals surface area contributed by atoms with Gasteiger partial charge < -0.3 is 15.1 Å². The quantitative estimate of drug-likeness (QED) is 0.484. The van der Waals surface area contributed by atoms with Crippen molar-refractivity contribution in [2.75, 3.05) is 42.9 Å². The largest absolute Gasteiger partial charge is 0.366 e. The highest BCUT2D eigenvalue weighted by molar-refractivity contribution is 5.92. The van der Waals surface area contributed by atoms with Gasteiger partial charge in [0.25, 0.3) is 0 Å². The molecule has 1 N–H and O–H groups in total. The Morgan fingerprint density at radius 2 is 1.69 bits per heavy atom. The van der Waals surface area contributed by atoms with Crippen LogP contribution in [0.1, 0.15) is 59.1 Å². The van der Waals surface area contributed by atoms with Gasteiger partial charge in [0, 0.05) is 50.4 Å². The van der Waals surface area contributed by atoms with Gasteiger partial charge in [0.15, 0.2) is 0 Å². The number of rotatable bonds is 10. The molecular formula is C29H41FN4O2. The summed E-state index contributed by atoms with van der Waals surface area (Å²) in [6.07, 6.45) is 1.51. The molecule has 196 valence electrons. The maximum Gasteiger partial charge on any atom is 0.244 e. The summed E-state index contributed by atoms with van der Waals surface area (Å²) < 4.78 is 15.2. The van der Waals surface area contributed by atoms with E-state index in [9.17, 15) is 9.59 Å². The van der Waals surface area contributed by atoms with Crippen LogP contribution < -0.4 is 10.2 Å². The van der Waals surface area contributed by atoms with E-state index in [1.807, 2.05) is 67.8 Å². The van der Waals surface area contributed by atoms with Crippen molar-refractivity contribution in [1.82, 2.24) is 9.80 Å². The molecule has 2 atom stereocenters. The van der Waals surface area contributed by atoms with E-state index in [1.165, 1.54) is 6.07 Å². The van der Waals surface area contributed by atoms with E-state index in [4.69, 9.17) is 0 Å². The van der Waals surface area contributed by atoms with E-state index in [0.717, 1.165) is 18.4 Å². The Morgan fingerprint density at radius 1 is 1.03 bits per heavy atom. The average Bonchev–Trinajstić information content (AvgIpc) is 2.87. The fourth-order valence-electron chi connectivity index (χ4n) is 5.14. The van der Waals surface area contributed by atoms with Crippen LogP contribution in [0.15, 0.2) is 48.5 Å². The third-order valence-electron chi connectivity index (χ3n) is 7.35. The van der Waals surface area contributed by atoms with E-state index in [-0.39, 0.29) is 35.6 Å². The lowest BCUT2D eigenvalue weighted by molar-refractivity contribution is -0.138. The van der Waals surface area contributed by atoms with E-state index in [0.29, 0.717) is 44.1 Å². The number of benzene rings is 2. The van der Waals surface area contributed by atoms with Crippen LogP contribution in [-0.2, 0) is 9.59 Å². The normalized spacial score (nSPS) is 17.2. The minimum absolute atomic E-state index is 0.0390. The third kappa shape index (κ3) is 6.25. The Kier molecular flexibility index (Phi) is 9.88. The molecule has 6 nitrogen and oxygen atoms in total. The monoisotopic (exact) mass is 496 g/mol. The number of hydrogen-bond donors (Lipinski definition) is 1. The summed E-state index contributed by atoms with van der Waals surface area (Å²) in [6, 6.07) is 14.5. The van der Waals surface area contributed by atoms with Crippen LogP contribution in [-0.4, -0.2) is 60.4 Å². The van der Waals surface area contributed by atoms with E-state index in [1.54, 1.807) is 12.1 Å². The predicted molar refractivity (Wildman–Crippen MR) is 145 cm³/mol. The second-order valence-electron chi connectivity index (χ2n) is 9.53. The lowest BCUT2D eigenvalue weighted by Crippen LogP contribution is -2.56. The SMILES string of the molecule is CCC(CC)C(=O)Nc1ccc(N2CCN(C(C(=O)N(CC)CC)c3ccccc3)C(C)C2)c(F)c1. The van der Waals surface area contributed by atoms with Crippen molar-refractivity contribution in [1.29, 1.82) is 0 Å². The molecule has 1 heterocycles. The van der Waals surface area contributed by atoms with Gasteiger partial charge in [0.05, 0.1) is 5.69 Å². The number of halogens is 1. The van der Waals surface area contributed by atoms with E-state index in [2.05, 4.69) is 17.1 Å². The summed E-state index contributed by atoms with van der Waals surface area (Å²) in [7, 11) is 0. The van der Waals surface area contributed by atoms with Crippen LogP contribution in [0.2, 0.25) is 0 Å². The first kappa shape index (κ1) is 27.7. The molecule has 0 bridgehead atoms. The first-order chi connectivity index (χ1) is 17.3. The van der Waals surface area contributed by atoms with Gasteiger partial charge in [-0.25, -0.2) is 4.39 Å². The van der Waals surface area contributed by atoms with Crippen LogP contribution >= 0.6 is 0 Å². The van der Waals surface area contributed by atoms with Crippen molar-refractivity contribution in [3.8, 4) is 0 Å². The molecule has 0 radical (unpaired) electrons. The summed E-state index contributed by atoms with van der Waals surface area (Å²) in [5.41, 5.74) is 1.99. The molecule has 1 aliphatic rings. The van der Waals surface area contributed by atoms with Crippen LogP contribution in [0.3, 0.4) is 0 Å². The molecule has 3 rings (SSSR count). The van der Waals surface area contributed by atoms with Crippen LogP contribution in [0.25, 0.3) is 0 Å². The highest BCUT2D eigenvalue weighted by atomic mass is 19.1. The molecule has 1 aliphatic heterocycles. The zero-order valence-electron chi connectivity index (χ0n) is 22.3. The Balaban J connectivity index is 1.76. The predicted octanol–water partition coefficient (Wildman–Crippen LogP) is 5.32. The topological polar surface area (TPSA) is 55.9 Å². The van der Waals surface area contributed by atoms with Gasteiger partial charge in [-0.2, -0.15) is 0 Å². The molecule has 1 saturated heterocycles.